The molecule has 1 aliphatic heterocycles. The maximum atomic E-state index is 13.7. The maximum absolute atomic E-state index is 13.7. The molecule has 3 amide bonds. The highest BCUT2D eigenvalue weighted by atomic mass is 35.5. The molecule has 0 aromatic heterocycles. The fraction of sp³-hybridized carbons (Fsp3) is 0.150. The predicted molar refractivity (Wildman–Crippen MR) is 107 cm³/mol. The number of imide groups is 1. The number of carbonyl (C=O) groups excluding carboxylic acids is 3. The molecule has 0 aliphatic carbocycles. The molecule has 0 saturated carbocycles. The Morgan fingerprint density at radius 1 is 1.20 bits per heavy atom. The summed E-state index contributed by atoms with van der Waals surface area (Å²) in [6.45, 7) is -0.591. The van der Waals surface area contributed by atoms with Crippen LogP contribution in [0.2, 0.25) is 10.0 Å². The fourth-order valence-electron chi connectivity index (χ4n) is 2.64. The van der Waals surface area contributed by atoms with Gasteiger partial charge in [-0.25, -0.2) is 14.1 Å². The first-order valence-electron chi connectivity index (χ1n) is 8.56. The highest BCUT2D eigenvalue weighted by Gasteiger charge is 2.35. The van der Waals surface area contributed by atoms with Crippen molar-refractivity contribution in [3.63, 3.8) is 0 Å². The number of methoxy groups -OCH3 is 1. The monoisotopic (exact) mass is 452 g/mol. The number of benzene rings is 2. The van der Waals surface area contributed by atoms with E-state index in [0.717, 1.165) is 7.11 Å². The van der Waals surface area contributed by atoms with Gasteiger partial charge < -0.3 is 14.8 Å². The standard InChI is InChI=1S/C20H15Cl2FN2O5/c1-29-17(26)9-25-19(27)16(24-20(25)28)8-11-6-13(21)18(14(22)7-11)30-10-12-4-2-3-5-15(12)23/h2-8H,9-10H2,1H3,(H,24,28). The van der Waals surface area contributed by atoms with Crippen LogP contribution in [0.4, 0.5) is 9.18 Å². The van der Waals surface area contributed by atoms with Crippen LogP contribution in [-0.2, 0) is 20.9 Å². The summed E-state index contributed by atoms with van der Waals surface area (Å²) >= 11 is 12.5. The van der Waals surface area contributed by atoms with Gasteiger partial charge in [0.05, 0.1) is 17.2 Å². The first-order chi connectivity index (χ1) is 14.3. The fourth-order valence-corrected chi connectivity index (χ4v) is 3.25. The zero-order valence-corrected chi connectivity index (χ0v) is 17.1. The molecule has 1 heterocycles. The SMILES string of the molecule is COC(=O)CN1C(=O)NC(=Cc2cc(Cl)c(OCc3ccccc3F)c(Cl)c2)C1=O. The molecule has 0 unspecified atom stereocenters. The van der Waals surface area contributed by atoms with Gasteiger partial charge in [-0.05, 0) is 29.8 Å². The third-order valence-electron chi connectivity index (χ3n) is 4.14. The number of hydrogen-bond donors (Lipinski definition) is 1. The third-order valence-corrected chi connectivity index (χ3v) is 4.70. The van der Waals surface area contributed by atoms with Crippen molar-refractivity contribution in [3.05, 3.63) is 69.1 Å². The summed E-state index contributed by atoms with van der Waals surface area (Å²) in [5.41, 5.74) is 0.684. The Hall–Kier alpha value is -3.10. The first kappa shape index (κ1) is 21.6. The topological polar surface area (TPSA) is 84.9 Å². The van der Waals surface area contributed by atoms with E-state index in [2.05, 4.69) is 10.1 Å². The second kappa shape index (κ2) is 9.15. The molecule has 3 rings (SSSR count). The molecule has 0 bridgehead atoms. The number of amides is 3. The smallest absolute Gasteiger partial charge is 0.329 e. The molecular weight excluding hydrogens is 438 g/mol. The van der Waals surface area contributed by atoms with Crippen molar-refractivity contribution >= 4 is 47.2 Å². The van der Waals surface area contributed by atoms with E-state index in [4.69, 9.17) is 27.9 Å². The molecule has 0 spiro atoms. The summed E-state index contributed by atoms with van der Waals surface area (Å²) in [5.74, 6) is -1.70. The van der Waals surface area contributed by atoms with Crippen molar-refractivity contribution in [1.82, 2.24) is 10.2 Å². The first-order valence-corrected chi connectivity index (χ1v) is 9.32. The molecule has 0 atom stereocenters. The summed E-state index contributed by atoms with van der Waals surface area (Å²) in [7, 11) is 1.15. The van der Waals surface area contributed by atoms with Crippen molar-refractivity contribution in [2.24, 2.45) is 0 Å². The minimum absolute atomic E-state index is 0.0592. The zero-order chi connectivity index (χ0) is 21.8. The number of halogens is 3. The maximum Gasteiger partial charge on any atom is 0.329 e. The van der Waals surface area contributed by atoms with Gasteiger partial charge in [-0.3, -0.25) is 9.59 Å². The quantitative estimate of drug-likeness (QED) is 0.409. The molecule has 156 valence electrons. The molecule has 0 radical (unpaired) electrons. The Morgan fingerprint density at radius 3 is 2.50 bits per heavy atom. The molecular formula is C20H15Cl2FN2O5. The van der Waals surface area contributed by atoms with E-state index in [1.807, 2.05) is 0 Å². The Labute approximate surface area is 181 Å². The molecule has 10 heteroatoms. The molecule has 1 saturated heterocycles. The van der Waals surface area contributed by atoms with Gasteiger partial charge in [0.2, 0.25) is 0 Å². The normalized spacial score (nSPS) is 14.8. The molecule has 30 heavy (non-hydrogen) atoms. The molecule has 1 N–H and O–H groups in total. The minimum Gasteiger partial charge on any atom is -0.486 e. The largest absolute Gasteiger partial charge is 0.486 e. The lowest BCUT2D eigenvalue weighted by Crippen LogP contribution is -2.36. The van der Waals surface area contributed by atoms with E-state index >= 15 is 0 Å². The number of rotatable bonds is 6. The number of urea groups is 1. The van der Waals surface area contributed by atoms with Gasteiger partial charge in [0.25, 0.3) is 5.91 Å². The second-order valence-electron chi connectivity index (χ2n) is 6.15. The van der Waals surface area contributed by atoms with E-state index in [1.165, 1.54) is 24.3 Å². The molecule has 1 fully saturated rings. The highest BCUT2D eigenvalue weighted by molar-refractivity contribution is 6.37. The van der Waals surface area contributed by atoms with Gasteiger partial charge in [-0.2, -0.15) is 0 Å². The Bertz CT molecular complexity index is 1030. The lowest BCUT2D eigenvalue weighted by molar-refractivity contribution is -0.143. The Balaban J connectivity index is 1.78. The minimum atomic E-state index is -0.751. The van der Waals surface area contributed by atoms with Gasteiger partial charge in [0.1, 0.15) is 24.7 Å². The highest BCUT2D eigenvalue weighted by Crippen LogP contribution is 2.35. The number of nitrogens with zero attached hydrogens (tertiary/aromatic N) is 1. The summed E-state index contributed by atoms with van der Waals surface area (Å²) < 4.78 is 23.7. The number of hydrogen-bond acceptors (Lipinski definition) is 5. The summed E-state index contributed by atoms with van der Waals surface area (Å²) in [5, 5.41) is 2.64. The van der Waals surface area contributed by atoms with Crippen LogP contribution in [0.1, 0.15) is 11.1 Å². The van der Waals surface area contributed by atoms with E-state index in [1.54, 1.807) is 18.2 Å². The predicted octanol–water partition coefficient (Wildman–Crippen LogP) is 3.78. The van der Waals surface area contributed by atoms with Crippen LogP contribution in [0.3, 0.4) is 0 Å². The van der Waals surface area contributed by atoms with Crippen LogP contribution in [0.15, 0.2) is 42.1 Å². The molecule has 2 aromatic carbocycles. The lowest BCUT2D eigenvalue weighted by Gasteiger charge is -2.11. The molecule has 7 nitrogen and oxygen atoms in total. The van der Waals surface area contributed by atoms with Gasteiger partial charge >= 0.3 is 12.0 Å². The second-order valence-corrected chi connectivity index (χ2v) is 6.96. The number of esters is 1. The van der Waals surface area contributed by atoms with Crippen molar-refractivity contribution < 1.29 is 28.2 Å². The van der Waals surface area contributed by atoms with Gasteiger partial charge in [0, 0.05) is 5.56 Å². The van der Waals surface area contributed by atoms with Crippen LogP contribution in [0, 0.1) is 5.82 Å². The summed E-state index contributed by atoms with van der Waals surface area (Å²) in [6.07, 6.45) is 1.36. The van der Waals surface area contributed by atoms with Crippen molar-refractivity contribution in [3.8, 4) is 5.75 Å². The van der Waals surface area contributed by atoms with Crippen LogP contribution >= 0.6 is 23.2 Å². The summed E-state index contributed by atoms with van der Waals surface area (Å²) in [6, 6.07) is 8.32. The number of carbonyl (C=O) groups is 3. The zero-order valence-electron chi connectivity index (χ0n) is 15.6. The van der Waals surface area contributed by atoms with Crippen LogP contribution < -0.4 is 10.1 Å². The summed E-state index contributed by atoms with van der Waals surface area (Å²) in [4.78, 5) is 36.3. The van der Waals surface area contributed by atoms with Crippen LogP contribution in [0.25, 0.3) is 6.08 Å². The van der Waals surface area contributed by atoms with Crippen molar-refractivity contribution in [2.45, 2.75) is 6.61 Å². The Kier molecular flexibility index (Phi) is 6.59. The van der Waals surface area contributed by atoms with Gasteiger partial charge in [-0.15, -0.1) is 0 Å². The van der Waals surface area contributed by atoms with Crippen molar-refractivity contribution in [1.29, 1.82) is 0 Å². The van der Waals surface area contributed by atoms with E-state index in [0.29, 0.717) is 16.0 Å². The van der Waals surface area contributed by atoms with Crippen molar-refractivity contribution in [2.75, 3.05) is 13.7 Å². The van der Waals surface area contributed by atoms with E-state index in [9.17, 15) is 18.8 Å². The Morgan fingerprint density at radius 2 is 1.87 bits per heavy atom. The van der Waals surface area contributed by atoms with E-state index in [-0.39, 0.29) is 28.1 Å². The third kappa shape index (κ3) is 4.72. The number of nitrogens with one attached hydrogen (secondary N) is 1. The molecule has 2 aromatic rings. The van der Waals surface area contributed by atoms with Gasteiger partial charge in [-0.1, -0.05) is 41.4 Å². The van der Waals surface area contributed by atoms with Crippen LogP contribution in [-0.4, -0.2) is 36.5 Å². The van der Waals surface area contributed by atoms with E-state index < -0.39 is 30.3 Å². The molecule has 1 aliphatic rings. The number of ether oxygens (including phenoxy) is 2. The average Bonchev–Trinajstić information content (AvgIpc) is 2.95. The average molecular weight is 453 g/mol. The van der Waals surface area contributed by atoms with Gasteiger partial charge in [0.15, 0.2) is 5.75 Å². The van der Waals surface area contributed by atoms with Crippen LogP contribution in [0.5, 0.6) is 5.75 Å². The lowest BCUT2D eigenvalue weighted by atomic mass is 10.1.